The summed E-state index contributed by atoms with van der Waals surface area (Å²) in [6.45, 7) is 0. The van der Waals surface area contributed by atoms with Crippen LogP contribution >= 0.6 is 0 Å². The Kier molecular flexibility index (Phi) is 5.96. The van der Waals surface area contributed by atoms with Crippen LogP contribution in [0, 0.1) is 0 Å². The van der Waals surface area contributed by atoms with Gasteiger partial charge in [0.15, 0.2) is 34.5 Å². The van der Waals surface area contributed by atoms with Crippen molar-refractivity contribution in [1.82, 2.24) is 0 Å². The first-order chi connectivity index (χ1) is 23.1. The highest BCUT2D eigenvalue weighted by molar-refractivity contribution is 6.23. The normalized spacial score (nSPS) is 11.7. The molecule has 8 rings (SSSR count). The van der Waals surface area contributed by atoms with Crippen molar-refractivity contribution in [3.05, 3.63) is 91.0 Å². The van der Waals surface area contributed by atoms with Gasteiger partial charge in [0.2, 0.25) is 17.2 Å². The van der Waals surface area contributed by atoms with Crippen molar-refractivity contribution >= 4 is 43.5 Å². The maximum atomic E-state index is 11.5. The van der Waals surface area contributed by atoms with E-state index in [-0.39, 0.29) is 11.1 Å². The molecule has 0 unspecified atom stereocenters. The fraction of sp³-hybridized carbons (Fsp3) is 0. The lowest BCUT2D eigenvalue weighted by atomic mass is 9.84. The van der Waals surface area contributed by atoms with Crippen LogP contribution in [0.1, 0.15) is 0 Å². The van der Waals surface area contributed by atoms with Gasteiger partial charge in [-0.1, -0.05) is 72.8 Å². The number of fused-ring (bicyclic) bond motifs is 5. The second-order valence-electron chi connectivity index (χ2n) is 11.4. The van der Waals surface area contributed by atoms with E-state index in [1.807, 2.05) is 66.7 Å². The van der Waals surface area contributed by atoms with Gasteiger partial charge in [-0.2, -0.15) is 0 Å². The first-order valence-electron chi connectivity index (χ1n) is 14.6. The lowest BCUT2D eigenvalue weighted by molar-refractivity contribution is 0.329. The summed E-state index contributed by atoms with van der Waals surface area (Å²) in [4.78, 5) is 0. The molecule has 9 N–H and O–H groups in total. The number of phenols is 9. The minimum absolute atomic E-state index is 0.247. The van der Waals surface area contributed by atoms with Crippen molar-refractivity contribution in [2.45, 2.75) is 0 Å². The number of rotatable bonds is 3. The average molecular weight is 641 g/mol. The summed E-state index contributed by atoms with van der Waals surface area (Å²) in [5.41, 5.74) is 1.18. The molecular formula is C38H24O10. The number of para-hydroxylation sites is 1. The van der Waals surface area contributed by atoms with Gasteiger partial charge in [0.25, 0.3) is 0 Å². The quantitative estimate of drug-likeness (QED) is 0.0515. The van der Waals surface area contributed by atoms with Crippen LogP contribution in [0.15, 0.2) is 95.4 Å². The zero-order valence-electron chi connectivity index (χ0n) is 24.6. The Hall–Kier alpha value is -6.94. The molecule has 0 aliphatic carbocycles. The molecule has 8 aromatic rings. The molecular weight excluding hydrogens is 616 g/mol. The van der Waals surface area contributed by atoms with Crippen molar-refractivity contribution in [3.8, 4) is 85.1 Å². The van der Waals surface area contributed by atoms with E-state index in [9.17, 15) is 46.0 Å². The van der Waals surface area contributed by atoms with E-state index in [0.717, 1.165) is 33.1 Å². The molecule has 236 valence electrons. The molecule has 0 amide bonds. The van der Waals surface area contributed by atoms with E-state index in [1.54, 1.807) is 24.3 Å². The molecule has 0 saturated heterocycles. The molecule has 0 aliphatic rings. The summed E-state index contributed by atoms with van der Waals surface area (Å²) in [7, 11) is 0. The summed E-state index contributed by atoms with van der Waals surface area (Å²) in [5, 5.41) is 101. The molecule has 7 aromatic carbocycles. The molecule has 48 heavy (non-hydrogen) atoms. The Bertz CT molecular complexity index is 2560. The number of hydrogen-bond donors (Lipinski definition) is 9. The average Bonchev–Trinajstić information content (AvgIpc) is 3.48. The third kappa shape index (κ3) is 3.74. The molecule has 0 aliphatic heterocycles. The zero-order chi connectivity index (χ0) is 33.6. The molecule has 0 saturated carbocycles. The second-order valence-corrected chi connectivity index (χ2v) is 11.4. The monoisotopic (exact) mass is 640 g/mol. The van der Waals surface area contributed by atoms with Crippen LogP contribution < -0.4 is 0 Å². The second kappa shape index (κ2) is 10.0. The van der Waals surface area contributed by atoms with E-state index >= 15 is 0 Å². The van der Waals surface area contributed by atoms with Gasteiger partial charge in [0, 0.05) is 16.3 Å². The molecule has 10 heteroatoms. The summed E-state index contributed by atoms with van der Waals surface area (Å²) in [5.74, 6) is -10.4. The Balaban J connectivity index is 1.46. The predicted octanol–water partition coefficient (Wildman–Crippen LogP) is 8.24. The van der Waals surface area contributed by atoms with Gasteiger partial charge in [-0.15, -0.1) is 0 Å². The van der Waals surface area contributed by atoms with E-state index in [2.05, 4.69) is 0 Å². The molecule has 0 radical (unpaired) electrons. The zero-order valence-corrected chi connectivity index (χ0v) is 24.6. The maximum absolute atomic E-state index is 11.5. The minimum Gasteiger partial charge on any atom is -0.504 e. The summed E-state index contributed by atoms with van der Waals surface area (Å²) >= 11 is 0. The van der Waals surface area contributed by atoms with Crippen LogP contribution in [-0.4, -0.2) is 46.0 Å². The fourth-order valence-corrected chi connectivity index (χ4v) is 6.68. The van der Waals surface area contributed by atoms with E-state index in [0.29, 0.717) is 21.5 Å². The summed E-state index contributed by atoms with van der Waals surface area (Å²) in [6.07, 6.45) is 0. The van der Waals surface area contributed by atoms with Gasteiger partial charge in [0.05, 0.1) is 16.7 Å². The minimum atomic E-state index is -1.28. The summed E-state index contributed by atoms with van der Waals surface area (Å²) in [6, 6.07) is 28.1. The molecule has 0 atom stereocenters. The van der Waals surface area contributed by atoms with Gasteiger partial charge >= 0.3 is 0 Å². The van der Waals surface area contributed by atoms with Crippen molar-refractivity contribution in [1.29, 1.82) is 0 Å². The van der Waals surface area contributed by atoms with Crippen molar-refractivity contribution in [2.24, 2.45) is 0 Å². The van der Waals surface area contributed by atoms with Crippen LogP contribution in [0.5, 0.6) is 51.7 Å². The smallest absolute Gasteiger partial charge is 0.208 e. The number of benzene rings is 7. The van der Waals surface area contributed by atoms with Crippen LogP contribution in [0.2, 0.25) is 0 Å². The molecule has 0 spiro atoms. The Morgan fingerprint density at radius 1 is 0.292 bits per heavy atom. The molecule has 1 heterocycles. The van der Waals surface area contributed by atoms with Crippen molar-refractivity contribution in [2.75, 3.05) is 0 Å². The van der Waals surface area contributed by atoms with Gasteiger partial charge in [-0.25, -0.2) is 0 Å². The molecule has 10 nitrogen and oxygen atoms in total. The Morgan fingerprint density at radius 2 is 0.646 bits per heavy atom. The Morgan fingerprint density at radius 3 is 1.15 bits per heavy atom. The van der Waals surface area contributed by atoms with Gasteiger partial charge in [0.1, 0.15) is 11.2 Å². The Labute approximate surface area is 269 Å². The highest BCUT2D eigenvalue weighted by Crippen LogP contribution is 2.63. The first-order valence-corrected chi connectivity index (χ1v) is 14.6. The van der Waals surface area contributed by atoms with E-state index in [4.69, 9.17) is 4.42 Å². The third-order valence-electron chi connectivity index (χ3n) is 8.86. The predicted molar refractivity (Wildman–Crippen MR) is 180 cm³/mol. The summed E-state index contributed by atoms with van der Waals surface area (Å²) < 4.78 is 6.04. The standard InChI is InChI=1S/C38H24O10/c39-30-27(31(40)33(42)28(32(30)41)29-34(43)36(45)38(47)37(46)35(29)44)26-20-10-3-1-8-18(20)25(19-9-2-4-11-21(19)26)16-13-14-24-22(15-16)17-7-5-6-12-23(17)48-24/h1-15,39-47H. The van der Waals surface area contributed by atoms with Crippen molar-refractivity contribution < 1.29 is 50.4 Å². The van der Waals surface area contributed by atoms with E-state index in [1.165, 1.54) is 0 Å². The highest BCUT2D eigenvalue weighted by atomic mass is 16.4. The van der Waals surface area contributed by atoms with Crippen LogP contribution in [0.25, 0.3) is 76.9 Å². The van der Waals surface area contributed by atoms with E-state index < -0.39 is 62.9 Å². The van der Waals surface area contributed by atoms with Gasteiger partial charge in [-0.3, -0.25) is 0 Å². The third-order valence-corrected chi connectivity index (χ3v) is 8.86. The number of furan rings is 1. The lowest BCUT2D eigenvalue weighted by Gasteiger charge is -2.21. The van der Waals surface area contributed by atoms with Gasteiger partial charge < -0.3 is 50.4 Å². The number of aromatic hydroxyl groups is 9. The van der Waals surface area contributed by atoms with Crippen LogP contribution in [0.3, 0.4) is 0 Å². The molecule has 0 bridgehead atoms. The SMILES string of the molecule is Oc1c(O)c(O)c(-c2c(O)c(O)c(-c3c4ccccc4c(-c4ccc5oc6ccccc6c5c4)c4ccccc34)c(O)c2O)c(O)c1O. The fourth-order valence-electron chi connectivity index (χ4n) is 6.68. The number of hydrogen-bond acceptors (Lipinski definition) is 10. The highest BCUT2D eigenvalue weighted by Gasteiger charge is 2.34. The number of phenolic OH excluding ortho intramolecular Hbond substituents is 9. The maximum Gasteiger partial charge on any atom is 0.208 e. The van der Waals surface area contributed by atoms with Crippen LogP contribution in [0.4, 0.5) is 0 Å². The lowest BCUT2D eigenvalue weighted by Crippen LogP contribution is -1.94. The van der Waals surface area contributed by atoms with Crippen LogP contribution in [-0.2, 0) is 0 Å². The topological polar surface area (TPSA) is 195 Å². The van der Waals surface area contributed by atoms with Crippen molar-refractivity contribution in [3.63, 3.8) is 0 Å². The van der Waals surface area contributed by atoms with Gasteiger partial charge in [-0.05, 0) is 50.9 Å². The molecule has 1 aromatic heterocycles. The largest absolute Gasteiger partial charge is 0.504 e. The molecule has 0 fully saturated rings. The first kappa shape index (κ1) is 28.5.